The maximum Gasteiger partial charge on any atom is 0.416 e. The summed E-state index contributed by atoms with van der Waals surface area (Å²) in [6.45, 7) is 0. The lowest BCUT2D eigenvalue weighted by Gasteiger charge is -2.14. The fourth-order valence-electron chi connectivity index (χ4n) is 4.18. The molecule has 0 N–H and O–H groups in total. The predicted molar refractivity (Wildman–Crippen MR) is 131 cm³/mol. The van der Waals surface area contributed by atoms with E-state index in [-0.39, 0.29) is 44.5 Å². The fourth-order valence-corrected chi connectivity index (χ4v) is 4.18. The van der Waals surface area contributed by atoms with Crippen molar-refractivity contribution in [2.24, 2.45) is 0 Å². The average molecular weight is 574 g/mol. The third kappa shape index (κ3) is 4.53. The van der Waals surface area contributed by atoms with Crippen LogP contribution in [0, 0.1) is 45.3 Å². The van der Waals surface area contributed by atoms with Crippen LogP contribution in [0.2, 0.25) is 0 Å². The van der Waals surface area contributed by atoms with Gasteiger partial charge in [-0.15, -0.1) is 0 Å². The number of hydrogen-bond acceptors (Lipinski definition) is 8. The van der Waals surface area contributed by atoms with Crippen LogP contribution in [0.1, 0.15) is 11.1 Å². The van der Waals surface area contributed by atoms with E-state index in [0.717, 1.165) is 48.5 Å². The Labute approximate surface area is 229 Å². The summed E-state index contributed by atoms with van der Waals surface area (Å²) < 4.78 is 91.4. The molecule has 5 rings (SSSR count). The zero-order valence-electron chi connectivity index (χ0n) is 20.4. The molecule has 42 heavy (non-hydrogen) atoms. The molecule has 3 aromatic carbocycles. The summed E-state index contributed by atoms with van der Waals surface area (Å²) in [5.74, 6) is 0. The third-order valence-electron chi connectivity index (χ3n) is 6.06. The first kappa shape index (κ1) is 27.4. The summed E-state index contributed by atoms with van der Waals surface area (Å²) in [7, 11) is 0. The number of nitrogens with zero attached hydrogens (tertiary/aromatic N) is 6. The first-order valence-corrected chi connectivity index (χ1v) is 11.4. The van der Waals surface area contributed by atoms with Crippen LogP contribution in [0.5, 0.6) is 0 Å². The van der Waals surface area contributed by atoms with Gasteiger partial charge in [0.1, 0.15) is 35.3 Å². The van der Waals surface area contributed by atoms with Crippen LogP contribution in [0.3, 0.4) is 0 Å². The molecule has 0 fully saturated rings. The zero-order chi connectivity index (χ0) is 30.4. The maximum atomic E-state index is 13.3. The Hall–Kier alpha value is -6.12. The minimum Gasteiger partial charge on any atom is -0.434 e. The quantitative estimate of drug-likeness (QED) is 0.243. The van der Waals surface area contributed by atoms with Gasteiger partial charge in [-0.25, -0.2) is 9.97 Å². The van der Waals surface area contributed by atoms with E-state index in [1.54, 1.807) is 24.3 Å². The number of rotatable bonds is 2. The molecule has 0 bridgehead atoms. The number of oxazole rings is 2. The number of benzene rings is 3. The molecule has 2 heterocycles. The van der Waals surface area contributed by atoms with Crippen molar-refractivity contribution in [2.75, 3.05) is 0 Å². The van der Waals surface area contributed by atoms with Gasteiger partial charge in [0.15, 0.2) is 22.3 Å². The van der Waals surface area contributed by atoms with E-state index in [0.29, 0.717) is 0 Å². The molecular formula is C28H8F6N6O2. The van der Waals surface area contributed by atoms with Gasteiger partial charge in [-0.3, -0.25) is 0 Å². The smallest absolute Gasteiger partial charge is 0.416 e. The van der Waals surface area contributed by atoms with E-state index < -0.39 is 45.7 Å². The number of aromatic nitrogens is 2. The molecule has 0 saturated carbocycles. The van der Waals surface area contributed by atoms with Crippen molar-refractivity contribution in [2.45, 2.75) is 12.4 Å². The zero-order valence-corrected chi connectivity index (χ0v) is 20.4. The summed E-state index contributed by atoms with van der Waals surface area (Å²) >= 11 is 0. The monoisotopic (exact) mass is 574 g/mol. The molecule has 5 aromatic rings. The molecule has 8 nitrogen and oxygen atoms in total. The molecule has 14 heteroatoms. The number of hydrogen-bond donors (Lipinski definition) is 0. The Balaban J connectivity index is 2.03. The Morgan fingerprint density at radius 3 is 1.12 bits per heavy atom. The molecule has 2 aromatic heterocycles. The van der Waals surface area contributed by atoms with Crippen LogP contribution < -0.4 is 11.1 Å². The van der Waals surface area contributed by atoms with Gasteiger partial charge in [-0.2, -0.15) is 47.4 Å². The molecule has 0 aliphatic rings. The van der Waals surface area contributed by atoms with E-state index in [1.807, 2.05) is 0 Å². The van der Waals surface area contributed by atoms with Gasteiger partial charge in [-0.1, -0.05) is 24.3 Å². The van der Waals surface area contributed by atoms with Crippen molar-refractivity contribution in [1.29, 1.82) is 21.0 Å². The lowest BCUT2D eigenvalue weighted by molar-refractivity contribution is -0.138. The largest absolute Gasteiger partial charge is 0.434 e. The van der Waals surface area contributed by atoms with Gasteiger partial charge >= 0.3 is 12.4 Å². The highest BCUT2D eigenvalue weighted by molar-refractivity contribution is 6.15. The number of halogens is 6. The van der Waals surface area contributed by atoms with Gasteiger partial charge < -0.3 is 8.83 Å². The molecule has 0 atom stereocenters. The van der Waals surface area contributed by atoms with Crippen LogP contribution in [0.15, 0.2) is 57.4 Å². The van der Waals surface area contributed by atoms with Crippen LogP contribution in [-0.2, 0) is 12.4 Å². The molecule has 0 spiro atoms. The van der Waals surface area contributed by atoms with Crippen molar-refractivity contribution in [3.05, 3.63) is 70.7 Å². The van der Waals surface area contributed by atoms with Gasteiger partial charge in [0, 0.05) is 11.1 Å². The second kappa shape index (κ2) is 9.81. The van der Waals surface area contributed by atoms with Gasteiger partial charge in [0.2, 0.25) is 11.1 Å². The number of nitriles is 4. The van der Waals surface area contributed by atoms with E-state index in [4.69, 9.17) is 8.83 Å². The highest BCUT2D eigenvalue weighted by Gasteiger charge is 2.32. The second-order valence-electron chi connectivity index (χ2n) is 8.49. The fraction of sp³-hybridized carbons (Fsp3) is 0.0714. The van der Waals surface area contributed by atoms with E-state index in [2.05, 4.69) is 9.97 Å². The molecule has 0 aliphatic heterocycles. The van der Waals surface area contributed by atoms with Gasteiger partial charge in [0.25, 0.3) is 0 Å². The van der Waals surface area contributed by atoms with E-state index >= 15 is 0 Å². The molecule has 0 saturated heterocycles. The molecule has 0 unspecified atom stereocenters. The summed E-state index contributed by atoms with van der Waals surface area (Å²) in [5, 5.41) is 37.4. The Bertz CT molecular complexity index is 2010. The minimum atomic E-state index is -4.68. The molecule has 0 aliphatic carbocycles. The summed E-state index contributed by atoms with van der Waals surface area (Å²) in [5.41, 5.74) is -4.75. The standard InChI is InChI=1S/C28H8F6N6O2/c29-27(30,31)17-5-1-13(2-6-17)19-20(14-3-7-18(8-4-14)28(32,33)34)24-22(40-26(42-24)16(11-37)12-38)21-23(19)41-25(39-21)15(9-35)10-36/h1-8H. The lowest BCUT2D eigenvalue weighted by Crippen LogP contribution is -2.04. The molecular weight excluding hydrogens is 566 g/mol. The number of fused-ring (bicyclic) bond motifs is 3. The summed E-state index contributed by atoms with van der Waals surface area (Å²) in [6.07, 6.45) is -9.37. The normalized spacial score (nSPS) is 11.5. The van der Waals surface area contributed by atoms with E-state index in [1.165, 1.54) is 0 Å². The summed E-state index contributed by atoms with van der Waals surface area (Å²) in [4.78, 5) is 8.31. The molecule has 0 radical (unpaired) electrons. The van der Waals surface area contributed by atoms with Crippen LogP contribution in [0.4, 0.5) is 26.3 Å². The Kier molecular flexibility index (Phi) is 6.41. The van der Waals surface area contributed by atoms with Crippen LogP contribution in [-0.4, -0.2) is 9.97 Å². The van der Waals surface area contributed by atoms with Gasteiger partial charge in [0.05, 0.1) is 11.1 Å². The van der Waals surface area contributed by atoms with Crippen molar-refractivity contribution >= 4 is 33.3 Å². The van der Waals surface area contributed by atoms with Crippen molar-refractivity contribution < 1.29 is 35.2 Å². The third-order valence-corrected chi connectivity index (χ3v) is 6.06. The molecule has 204 valence electrons. The molecule has 0 amide bonds. The Morgan fingerprint density at radius 1 is 0.548 bits per heavy atom. The lowest BCUT2D eigenvalue weighted by atomic mass is 9.91. The van der Waals surface area contributed by atoms with Gasteiger partial charge in [-0.05, 0) is 35.4 Å². The topological polar surface area (TPSA) is 147 Å². The van der Waals surface area contributed by atoms with Crippen LogP contribution >= 0.6 is 0 Å². The highest BCUT2D eigenvalue weighted by atomic mass is 19.4. The average Bonchev–Trinajstić information content (AvgIpc) is 3.58. The number of alkyl halides is 6. The Morgan fingerprint density at radius 2 is 0.857 bits per heavy atom. The van der Waals surface area contributed by atoms with Crippen LogP contribution in [0.25, 0.3) is 55.6 Å². The van der Waals surface area contributed by atoms with Crippen molar-refractivity contribution in [1.82, 2.24) is 9.97 Å². The summed E-state index contributed by atoms with van der Waals surface area (Å²) in [6, 6.07) is 13.8. The first-order valence-electron chi connectivity index (χ1n) is 11.4. The van der Waals surface area contributed by atoms with Crippen molar-refractivity contribution in [3.63, 3.8) is 0 Å². The SMILES string of the molecule is N#CC(C#N)=c1nc2c(o1)c(-c1ccc(C(F)(F)F)cc1)c(-c1ccc(C(F)(F)F)cc1)c1oc(=C(C#N)C#N)nc12. The van der Waals surface area contributed by atoms with E-state index in [9.17, 15) is 47.4 Å². The second-order valence-corrected chi connectivity index (χ2v) is 8.49. The first-order chi connectivity index (χ1) is 19.9. The maximum absolute atomic E-state index is 13.3. The predicted octanol–water partition coefficient (Wildman–Crippen LogP) is 5.74. The minimum absolute atomic E-state index is 0.0295. The highest BCUT2D eigenvalue weighted by Crippen LogP contribution is 2.44. The van der Waals surface area contributed by atoms with Crippen molar-refractivity contribution in [3.8, 4) is 46.5 Å².